The molecule has 0 spiro atoms. The Morgan fingerprint density at radius 1 is 0.893 bits per heavy atom. The Morgan fingerprint density at radius 3 is 2.11 bits per heavy atom. The van der Waals surface area contributed by atoms with Crippen LogP contribution in [0, 0.1) is 0 Å². The third-order valence-corrected chi connectivity index (χ3v) is 5.08. The van der Waals surface area contributed by atoms with E-state index in [0.717, 1.165) is 0 Å². The quantitative estimate of drug-likeness (QED) is 0.346. The molecule has 0 unspecified atom stereocenters. The van der Waals surface area contributed by atoms with Crippen molar-refractivity contribution in [1.82, 2.24) is 0 Å². The molecule has 0 amide bonds. The fourth-order valence-corrected chi connectivity index (χ4v) is 3.43. The van der Waals surface area contributed by atoms with Crippen LogP contribution >= 0.6 is 0 Å². The summed E-state index contributed by atoms with van der Waals surface area (Å²) in [5.41, 5.74) is 0.441. The minimum atomic E-state index is -4.00. The summed E-state index contributed by atoms with van der Waals surface area (Å²) in [6.45, 7) is 0. The molecular formula is C20H16N2O5S. The number of aromatic hydroxyl groups is 1. The Labute approximate surface area is 161 Å². The lowest BCUT2D eigenvalue weighted by Crippen LogP contribution is -2.16. The molecule has 0 aliphatic rings. The zero-order chi connectivity index (χ0) is 20.1. The molecule has 0 atom stereocenters. The summed E-state index contributed by atoms with van der Waals surface area (Å²) < 4.78 is 29.3. The topological polar surface area (TPSA) is 116 Å². The lowest BCUT2D eigenvalue weighted by Gasteiger charge is -2.12. The molecule has 28 heavy (non-hydrogen) atoms. The molecule has 0 heterocycles. The van der Waals surface area contributed by atoms with Gasteiger partial charge in [-0.25, -0.2) is 4.79 Å². The van der Waals surface area contributed by atoms with Gasteiger partial charge >= 0.3 is 5.97 Å². The molecule has 0 aliphatic heterocycles. The molecule has 0 fully saturated rings. The molecule has 0 bridgehead atoms. The zero-order valence-corrected chi connectivity index (χ0v) is 15.3. The number of rotatable bonds is 5. The van der Waals surface area contributed by atoms with Gasteiger partial charge in [0.2, 0.25) is 0 Å². The number of hydrogen-bond donors (Lipinski definition) is 3. The number of carbonyl (C=O) groups is 1. The molecule has 0 saturated heterocycles. The van der Waals surface area contributed by atoms with Crippen molar-refractivity contribution in [2.45, 2.75) is 4.90 Å². The van der Waals surface area contributed by atoms with Gasteiger partial charge in [0.05, 0.1) is 4.90 Å². The molecule has 3 N–H and O–H groups in total. The van der Waals surface area contributed by atoms with Crippen molar-refractivity contribution in [1.29, 1.82) is 0 Å². The summed E-state index contributed by atoms with van der Waals surface area (Å²) in [5.74, 6) is -1.68. The summed E-state index contributed by atoms with van der Waals surface area (Å²) in [6, 6.07) is 20.2. The Hall–Kier alpha value is -3.65. The number of aromatic carboxylic acids is 1. The second kappa shape index (κ2) is 7.93. The minimum absolute atomic E-state index is 0.0199. The second-order valence-corrected chi connectivity index (χ2v) is 7.36. The van der Waals surface area contributed by atoms with E-state index in [4.69, 9.17) is 5.11 Å². The number of benzene rings is 3. The van der Waals surface area contributed by atoms with Crippen molar-refractivity contribution < 1.29 is 23.4 Å². The standard InChI is InChI=1S/C20H16N2O5S/c23-18-12-11-15(13-17(18)20(24)25)21-19(14-7-3-1-4-8-14)22-28(26,27)16-9-5-2-6-10-16/h1-13,23H,(H,21,22)(H,24,25). The molecule has 0 radical (unpaired) electrons. The van der Waals surface area contributed by atoms with Crippen LogP contribution in [0.5, 0.6) is 5.75 Å². The number of anilines is 1. The molecule has 3 aromatic carbocycles. The number of nitrogens with zero attached hydrogens (tertiary/aromatic N) is 1. The summed E-state index contributed by atoms with van der Waals surface area (Å²) in [4.78, 5) is 11.3. The number of carboxylic acid groups (broad SMARTS) is 1. The normalized spacial score (nSPS) is 11.8. The predicted octanol–water partition coefficient (Wildman–Crippen LogP) is 3.34. The van der Waals surface area contributed by atoms with E-state index in [-0.39, 0.29) is 22.0 Å². The summed E-state index contributed by atoms with van der Waals surface area (Å²) in [7, 11) is -4.00. The fourth-order valence-electron chi connectivity index (χ4n) is 2.43. The van der Waals surface area contributed by atoms with Crippen molar-refractivity contribution in [2.75, 3.05) is 5.32 Å². The Balaban J connectivity index is 2.07. The van der Waals surface area contributed by atoms with Crippen LogP contribution < -0.4 is 5.32 Å². The number of amidine groups is 1. The number of carboxylic acids is 1. The van der Waals surface area contributed by atoms with Gasteiger partial charge in [-0.2, -0.15) is 8.42 Å². The molecular weight excluding hydrogens is 380 g/mol. The fraction of sp³-hybridized carbons (Fsp3) is 0. The van der Waals surface area contributed by atoms with Crippen LogP contribution in [0.4, 0.5) is 5.69 Å². The van der Waals surface area contributed by atoms with Crippen molar-refractivity contribution in [2.24, 2.45) is 4.40 Å². The monoisotopic (exact) mass is 396 g/mol. The summed E-state index contributed by atoms with van der Waals surface area (Å²) in [5, 5.41) is 21.7. The highest BCUT2D eigenvalue weighted by Gasteiger charge is 2.17. The van der Waals surface area contributed by atoms with Gasteiger partial charge in [-0.15, -0.1) is 4.40 Å². The molecule has 0 aromatic heterocycles. The molecule has 0 aliphatic carbocycles. The largest absolute Gasteiger partial charge is 0.507 e. The maximum Gasteiger partial charge on any atom is 0.339 e. The van der Waals surface area contributed by atoms with Gasteiger partial charge in [0.15, 0.2) is 5.84 Å². The van der Waals surface area contributed by atoms with Gasteiger partial charge in [0, 0.05) is 11.3 Å². The maximum atomic E-state index is 12.7. The number of nitrogens with one attached hydrogen (secondary N) is 1. The Morgan fingerprint density at radius 2 is 1.50 bits per heavy atom. The third-order valence-electron chi connectivity index (χ3n) is 3.79. The van der Waals surface area contributed by atoms with E-state index in [0.29, 0.717) is 5.56 Å². The smallest absolute Gasteiger partial charge is 0.339 e. The highest BCUT2D eigenvalue weighted by atomic mass is 32.2. The highest BCUT2D eigenvalue weighted by molar-refractivity contribution is 7.90. The summed E-state index contributed by atoms with van der Waals surface area (Å²) >= 11 is 0. The van der Waals surface area contributed by atoms with Gasteiger partial charge in [-0.1, -0.05) is 48.5 Å². The molecule has 3 aromatic rings. The Kier molecular flexibility index (Phi) is 5.42. The van der Waals surface area contributed by atoms with Crippen LogP contribution in [-0.2, 0) is 10.0 Å². The lowest BCUT2D eigenvalue weighted by atomic mass is 10.1. The van der Waals surface area contributed by atoms with Crippen LogP contribution in [0.25, 0.3) is 0 Å². The average Bonchev–Trinajstić information content (AvgIpc) is 2.70. The van der Waals surface area contributed by atoms with Crippen molar-refractivity contribution in [3.05, 3.63) is 90.0 Å². The second-order valence-electron chi connectivity index (χ2n) is 5.76. The first kappa shape index (κ1) is 19.1. The van der Waals surface area contributed by atoms with E-state index < -0.39 is 21.7 Å². The van der Waals surface area contributed by atoms with Crippen LogP contribution in [0.3, 0.4) is 0 Å². The SMILES string of the molecule is O=C(O)c1cc(N/C(=N/S(=O)(=O)c2ccccc2)c2ccccc2)ccc1O. The first-order valence-corrected chi connectivity index (χ1v) is 9.59. The van der Waals surface area contributed by atoms with Crippen molar-refractivity contribution in [3.63, 3.8) is 0 Å². The average molecular weight is 396 g/mol. The van der Waals surface area contributed by atoms with E-state index in [2.05, 4.69) is 9.71 Å². The maximum absolute atomic E-state index is 12.7. The van der Waals surface area contributed by atoms with E-state index in [1.54, 1.807) is 48.5 Å². The van der Waals surface area contributed by atoms with Crippen molar-refractivity contribution in [3.8, 4) is 5.75 Å². The van der Waals surface area contributed by atoms with E-state index in [9.17, 15) is 18.3 Å². The number of sulfonamides is 1. The van der Waals surface area contributed by atoms with Crippen LogP contribution in [0.1, 0.15) is 15.9 Å². The van der Waals surface area contributed by atoms with Crippen LogP contribution in [0.2, 0.25) is 0 Å². The van der Waals surface area contributed by atoms with Gasteiger partial charge in [-0.3, -0.25) is 0 Å². The van der Waals surface area contributed by atoms with Gasteiger partial charge < -0.3 is 15.5 Å². The predicted molar refractivity (Wildman–Crippen MR) is 105 cm³/mol. The number of phenols is 1. The highest BCUT2D eigenvalue weighted by Crippen LogP contribution is 2.23. The number of hydrogen-bond acceptors (Lipinski definition) is 4. The zero-order valence-electron chi connectivity index (χ0n) is 14.5. The molecule has 8 heteroatoms. The van der Waals surface area contributed by atoms with Gasteiger partial charge in [0.1, 0.15) is 11.3 Å². The third kappa shape index (κ3) is 4.36. The molecule has 7 nitrogen and oxygen atoms in total. The van der Waals surface area contributed by atoms with E-state index >= 15 is 0 Å². The molecule has 3 rings (SSSR count). The van der Waals surface area contributed by atoms with Crippen molar-refractivity contribution >= 4 is 27.5 Å². The lowest BCUT2D eigenvalue weighted by molar-refractivity contribution is 0.0693. The summed E-state index contributed by atoms with van der Waals surface area (Å²) in [6.07, 6.45) is 0. The van der Waals surface area contributed by atoms with Crippen LogP contribution in [-0.4, -0.2) is 30.4 Å². The minimum Gasteiger partial charge on any atom is -0.507 e. The first-order valence-electron chi connectivity index (χ1n) is 8.15. The molecule has 142 valence electrons. The van der Waals surface area contributed by atoms with Gasteiger partial charge in [0.25, 0.3) is 10.0 Å². The molecule has 0 saturated carbocycles. The Bertz CT molecular complexity index is 1130. The van der Waals surface area contributed by atoms with Crippen LogP contribution in [0.15, 0.2) is 88.2 Å². The van der Waals surface area contributed by atoms with Gasteiger partial charge in [-0.05, 0) is 30.3 Å². The first-order chi connectivity index (χ1) is 13.4. The van der Waals surface area contributed by atoms with E-state index in [1.165, 1.54) is 30.3 Å². The van der Waals surface area contributed by atoms with E-state index in [1.807, 2.05) is 0 Å².